The van der Waals surface area contributed by atoms with Gasteiger partial charge in [-0.1, -0.05) is 23.7 Å². The second-order valence-electron chi connectivity index (χ2n) is 2.43. The minimum Gasteiger partial charge on any atom is -0.766 e. The number of para-hydroxylation sites is 1. The van der Waals surface area contributed by atoms with E-state index in [-0.39, 0.29) is 10.1 Å². The number of fused-ring (bicyclic) bond motifs is 1. The normalized spacial score (nSPS) is 13.4. The van der Waals surface area contributed by atoms with Gasteiger partial charge in [0, 0.05) is 16.5 Å². The maximum Gasteiger partial charge on any atom is 0.196 e. The smallest absolute Gasteiger partial charge is 0.196 e. The molecular weight excluding hydrogens is 212 g/mol. The summed E-state index contributed by atoms with van der Waals surface area (Å²) in [7, 11) is 0. The summed E-state index contributed by atoms with van der Waals surface area (Å²) in [5, 5.41) is 0.551. The molecule has 0 radical (unpaired) electrons. The minimum absolute atomic E-state index is 0.143. The molecule has 0 spiro atoms. The van der Waals surface area contributed by atoms with E-state index in [0.29, 0.717) is 11.0 Å². The fraction of sp³-hybridized carbons (Fsp3) is 0. The molecule has 0 saturated carbocycles. The van der Waals surface area contributed by atoms with Gasteiger partial charge in [-0.3, -0.25) is 4.21 Å². The highest BCUT2D eigenvalue weighted by molar-refractivity contribution is 7.79. The standard InChI is InChI=1S/C8H5ClO3S/c9-7-5-3-1-2-4-6(5)12-8(7)13(10)11/h1-4H,(H,10,11)/p-1. The summed E-state index contributed by atoms with van der Waals surface area (Å²) in [5.41, 5.74) is 0.478. The van der Waals surface area contributed by atoms with Crippen LogP contribution in [0.5, 0.6) is 0 Å². The van der Waals surface area contributed by atoms with E-state index in [1.165, 1.54) is 0 Å². The fourth-order valence-corrected chi connectivity index (χ4v) is 1.90. The maximum atomic E-state index is 10.6. The number of hydrogen-bond donors (Lipinski definition) is 0. The molecule has 0 N–H and O–H groups in total. The Labute approximate surface area is 81.6 Å². The Balaban J connectivity index is 2.81. The van der Waals surface area contributed by atoms with Crippen molar-refractivity contribution in [3.63, 3.8) is 0 Å². The third kappa shape index (κ3) is 1.37. The Hall–Kier alpha value is -0.840. The van der Waals surface area contributed by atoms with E-state index in [0.717, 1.165) is 0 Å². The fourth-order valence-electron chi connectivity index (χ4n) is 1.10. The summed E-state index contributed by atoms with van der Waals surface area (Å²) >= 11 is 3.34. The van der Waals surface area contributed by atoms with E-state index in [4.69, 9.17) is 16.0 Å². The molecule has 0 amide bonds. The number of furan rings is 1. The zero-order chi connectivity index (χ0) is 9.42. The van der Waals surface area contributed by atoms with Crippen LogP contribution in [-0.2, 0) is 11.1 Å². The van der Waals surface area contributed by atoms with Crippen LogP contribution in [0.25, 0.3) is 11.0 Å². The molecule has 1 heterocycles. The Morgan fingerprint density at radius 2 is 2.08 bits per heavy atom. The predicted molar refractivity (Wildman–Crippen MR) is 48.4 cm³/mol. The van der Waals surface area contributed by atoms with Crippen LogP contribution in [0.15, 0.2) is 33.8 Å². The lowest BCUT2D eigenvalue weighted by molar-refractivity contribution is 0.460. The molecule has 2 aromatic rings. The molecule has 0 aliphatic carbocycles. The van der Waals surface area contributed by atoms with E-state index in [9.17, 15) is 8.76 Å². The quantitative estimate of drug-likeness (QED) is 0.686. The van der Waals surface area contributed by atoms with Crippen LogP contribution in [0, 0.1) is 0 Å². The lowest BCUT2D eigenvalue weighted by Crippen LogP contribution is -1.84. The van der Waals surface area contributed by atoms with Crippen LogP contribution < -0.4 is 0 Å². The molecule has 0 saturated heterocycles. The van der Waals surface area contributed by atoms with Crippen molar-refractivity contribution in [1.82, 2.24) is 0 Å². The number of hydrogen-bond acceptors (Lipinski definition) is 3. The first-order valence-corrected chi connectivity index (χ1v) is 4.91. The summed E-state index contributed by atoms with van der Waals surface area (Å²) in [6, 6.07) is 6.88. The van der Waals surface area contributed by atoms with Gasteiger partial charge < -0.3 is 8.97 Å². The molecule has 1 atom stereocenters. The van der Waals surface area contributed by atoms with Crippen molar-refractivity contribution in [2.75, 3.05) is 0 Å². The first-order valence-electron chi connectivity index (χ1n) is 3.46. The van der Waals surface area contributed by atoms with Gasteiger partial charge in [-0.2, -0.15) is 0 Å². The summed E-state index contributed by atoms with van der Waals surface area (Å²) in [6.07, 6.45) is 0. The first-order chi connectivity index (χ1) is 6.20. The number of halogens is 1. The first kappa shape index (κ1) is 8.74. The van der Waals surface area contributed by atoms with Crippen LogP contribution in [0.4, 0.5) is 0 Å². The largest absolute Gasteiger partial charge is 0.766 e. The molecule has 3 nitrogen and oxygen atoms in total. The van der Waals surface area contributed by atoms with Crippen molar-refractivity contribution in [3.05, 3.63) is 29.3 Å². The molecule has 0 bridgehead atoms. The predicted octanol–water partition coefficient (Wildman–Crippen LogP) is 2.32. The summed E-state index contributed by atoms with van der Waals surface area (Å²) < 4.78 is 26.2. The topological polar surface area (TPSA) is 53.3 Å². The van der Waals surface area contributed by atoms with Crippen LogP contribution in [0.3, 0.4) is 0 Å². The number of benzene rings is 1. The lowest BCUT2D eigenvalue weighted by Gasteiger charge is -1.98. The van der Waals surface area contributed by atoms with Crippen LogP contribution in [0.2, 0.25) is 5.02 Å². The summed E-state index contributed by atoms with van der Waals surface area (Å²) in [6.45, 7) is 0. The van der Waals surface area contributed by atoms with Gasteiger partial charge in [0.1, 0.15) is 10.6 Å². The summed E-state index contributed by atoms with van der Waals surface area (Å²) in [4.78, 5) is 0. The van der Waals surface area contributed by atoms with Gasteiger partial charge in [-0.15, -0.1) is 0 Å². The molecular formula is C8H4ClO3S-. The molecule has 5 heteroatoms. The summed E-state index contributed by atoms with van der Waals surface area (Å²) in [5.74, 6) is 0. The SMILES string of the molecule is O=S([O-])c1oc2ccccc2c1Cl. The van der Waals surface area contributed by atoms with Gasteiger partial charge >= 0.3 is 0 Å². The zero-order valence-electron chi connectivity index (χ0n) is 6.32. The van der Waals surface area contributed by atoms with E-state index in [2.05, 4.69) is 0 Å². The molecule has 1 aromatic heterocycles. The Morgan fingerprint density at radius 1 is 1.38 bits per heavy atom. The molecule has 0 aliphatic rings. The molecule has 2 rings (SSSR count). The van der Waals surface area contributed by atoms with Gasteiger partial charge in [0.05, 0.1) is 0 Å². The highest BCUT2D eigenvalue weighted by atomic mass is 35.5. The second kappa shape index (κ2) is 3.14. The monoisotopic (exact) mass is 215 g/mol. The van der Waals surface area contributed by atoms with Crippen molar-refractivity contribution in [2.45, 2.75) is 5.09 Å². The Bertz CT molecular complexity index is 477. The van der Waals surface area contributed by atoms with E-state index in [1.807, 2.05) is 0 Å². The van der Waals surface area contributed by atoms with Gasteiger partial charge in [0.2, 0.25) is 0 Å². The van der Waals surface area contributed by atoms with E-state index >= 15 is 0 Å². The van der Waals surface area contributed by atoms with E-state index in [1.54, 1.807) is 24.3 Å². The second-order valence-corrected chi connectivity index (χ2v) is 3.65. The molecule has 68 valence electrons. The Kier molecular flexibility index (Phi) is 2.11. The molecule has 1 unspecified atom stereocenters. The highest BCUT2D eigenvalue weighted by Crippen LogP contribution is 2.31. The van der Waals surface area contributed by atoms with Crippen molar-refractivity contribution >= 4 is 33.7 Å². The van der Waals surface area contributed by atoms with Gasteiger partial charge in [-0.05, 0) is 12.1 Å². The van der Waals surface area contributed by atoms with Crippen LogP contribution >= 0.6 is 11.6 Å². The third-order valence-corrected chi connectivity index (χ3v) is 2.73. The number of rotatable bonds is 1. The average Bonchev–Trinajstić information content (AvgIpc) is 2.45. The van der Waals surface area contributed by atoms with Crippen molar-refractivity contribution in [2.24, 2.45) is 0 Å². The van der Waals surface area contributed by atoms with Crippen LogP contribution in [-0.4, -0.2) is 8.76 Å². The van der Waals surface area contributed by atoms with Gasteiger partial charge in [0.25, 0.3) is 0 Å². The minimum atomic E-state index is -2.42. The van der Waals surface area contributed by atoms with Crippen molar-refractivity contribution in [3.8, 4) is 0 Å². The maximum absolute atomic E-state index is 10.6. The van der Waals surface area contributed by atoms with Gasteiger partial charge in [-0.25, -0.2) is 0 Å². The zero-order valence-corrected chi connectivity index (χ0v) is 7.89. The molecule has 13 heavy (non-hydrogen) atoms. The van der Waals surface area contributed by atoms with Crippen molar-refractivity contribution < 1.29 is 13.2 Å². The average molecular weight is 216 g/mol. The lowest BCUT2D eigenvalue weighted by atomic mass is 10.3. The van der Waals surface area contributed by atoms with Gasteiger partial charge in [0.15, 0.2) is 5.09 Å². The highest BCUT2D eigenvalue weighted by Gasteiger charge is 2.11. The molecule has 0 fully saturated rings. The van der Waals surface area contributed by atoms with Crippen LogP contribution in [0.1, 0.15) is 0 Å². The van der Waals surface area contributed by atoms with Crippen molar-refractivity contribution in [1.29, 1.82) is 0 Å². The Morgan fingerprint density at radius 3 is 2.69 bits per heavy atom. The molecule has 0 aliphatic heterocycles. The molecule has 1 aromatic carbocycles. The third-order valence-electron chi connectivity index (χ3n) is 1.66. The van der Waals surface area contributed by atoms with E-state index < -0.39 is 11.1 Å².